The zero-order valence-corrected chi connectivity index (χ0v) is 48.2. The summed E-state index contributed by atoms with van der Waals surface area (Å²) in [5.74, 6) is 2.18. The number of aromatic nitrogens is 4. The van der Waals surface area contributed by atoms with Gasteiger partial charge in [-0.15, -0.1) is 10.2 Å². The predicted molar refractivity (Wildman–Crippen MR) is 322 cm³/mol. The molecule has 0 aliphatic heterocycles. The fraction of sp³-hybridized carbons (Fsp3) is 0.279. The molecule has 398 valence electrons. The molecule has 15 nitrogen and oxygen atoms in total. The molecular weight excluding hydrogens is 1010 g/mol. The first kappa shape index (κ1) is 59.9. The molecule has 6 N–H and O–H groups in total. The van der Waals surface area contributed by atoms with Gasteiger partial charge in [-0.2, -0.15) is 29.8 Å². The molecule has 17 heteroatoms. The Labute approximate surface area is 468 Å². The normalized spacial score (nSPS) is 10.4. The maximum absolute atomic E-state index is 10.2. The third-order valence-corrected chi connectivity index (χ3v) is 14.3. The van der Waals surface area contributed by atoms with Crippen LogP contribution < -0.4 is 27.0 Å². The Hall–Kier alpha value is -9.00. The second kappa shape index (κ2) is 25.7. The average Bonchev–Trinajstić information content (AvgIpc) is 3.89. The minimum atomic E-state index is 0. The molecule has 8 aromatic rings. The van der Waals surface area contributed by atoms with Crippen LogP contribution in [0.4, 0.5) is 61.7 Å². The van der Waals surface area contributed by atoms with Gasteiger partial charge in [0.15, 0.2) is 22.5 Å². The molecule has 0 radical (unpaired) electrons. The Morgan fingerprint density at radius 2 is 0.769 bits per heavy atom. The van der Waals surface area contributed by atoms with Crippen LogP contribution in [0.1, 0.15) is 119 Å². The van der Waals surface area contributed by atoms with Gasteiger partial charge in [-0.3, -0.25) is 0 Å². The van der Waals surface area contributed by atoms with Gasteiger partial charge in [-0.25, -0.2) is 9.97 Å². The third-order valence-electron chi connectivity index (χ3n) is 12.7. The zero-order chi connectivity index (χ0) is 56.6. The van der Waals surface area contributed by atoms with Gasteiger partial charge in [0.25, 0.3) is 0 Å². The monoisotopic (exact) mass is 1070 g/mol. The Bertz CT molecular complexity index is 3680. The number of anilines is 9. The van der Waals surface area contributed by atoms with Gasteiger partial charge in [0, 0.05) is 28.3 Å². The van der Waals surface area contributed by atoms with E-state index in [2.05, 4.69) is 162 Å². The van der Waals surface area contributed by atoms with Gasteiger partial charge in [-0.05, 0) is 190 Å². The molecule has 0 atom stereocenters. The van der Waals surface area contributed by atoms with E-state index in [0.717, 1.165) is 102 Å². The maximum atomic E-state index is 10.2. The van der Waals surface area contributed by atoms with Crippen molar-refractivity contribution in [2.75, 3.05) is 27.0 Å². The fourth-order valence-electron chi connectivity index (χ4n) is 9.26. The third kappa shape index (κ3) is 13.7. The molecule has 0 unspecified atom stereocenters. The number of nitrogens with two attached hydrogens (primary N) is 1. The second-order valence-corrected chi connectivity index (χ2v) is 21.0. The molecule has 8 rings (SSSR count). The molecule has 0 saturated heterocycles. The highest BCUT2D eigenvalue weighted by Crippen LogP contribution is 2.40. The van der Waals surface area contributed by atoms with Crippen LogP contribution >= 0.6 is 23.1 Å². The summed E-state index contributed by atoms with van der Waals surface area (Å²) in [6, 6.07) is 27.6. The van der Waals surface area contributed by atoms with E-state index in [-0.39, 0.29) is 7.43 Å². The second-order valence-electron chi connectivity index (χ2n) is 19.4. The fourth-order valence-corrected chi connectivity index (χ4v) is 10.6. The summed E-state index contributed by atoms with van der Waals surface area (Å²) in [4.78, 5) is 9.65. The van der Waals surface area contributed by atoms with Crippen molar-refractivity contribution in [2.24, 2.45) is 10.2 Å². The minimum absolute atomic E-state index is 0. The number of nitrogens with one attached hydrogen (secondary N) is 4. The first-order chi connectivity index (χ1) is 36.5. The average molecular weight is 1070 g/mol. The Morgan fingerprint density at radius 1 is 0.410 bits per heavy atom. The standard InChI is InChI=1S/C30H30N8S.C25H28N4.C5H5N3S.CH4/c1-15-9-17(3)25(18(4)10-15)33-28-23(13-31)21(7)27(36-37-30-24(14-32)22(8)38-39-30)29(35-28)34-26-19(5)11-16(2)12-20(26)6;1-14-8-17(4)23(18(5)9-14)27-22-12-16(3)21(13-26)25(28-22)29-24-19(6)10-15(2)11-20(24)7;1-3-4(2-6)5(7)9-8-3;/h9-12H,1-8H3,(H2,33,34,35);8-12H,1-7H3,(H2,27,28,29);7H2,1H3;1H4. The van der Waals surface area contributed by atoms with E-state index in [4.69, 9.17) is 21.0 Å². The summed E-state index contributed by atoms with van der Waals surface area (Å²) in [6.07, 6.45) is 0. The molecule has 4 heterocycles. The van der Waals surface area contributed by atoms with Crippen LogP contribution in [-0.4, -0.2) is 18.7 Å². The zero-order valence-electron chi connectivity index (χ0n) is 46.6. The van der Waals surface area contributed by atoms with Crippen LogP contribution in [0, 0.1) is 156 Å². The lowest BCUT2D eigenvalue weighted by molar-refractivity contribution is 1.16. The smallest absolute Gasteiger partial charge is 0.176 e. The van der Waals surface area contributed by atoms with Gasteiger partial charge in [0.1, 0.15) is 51.9 Å². The van der Waals surface area contributed by atoms with Crippen LogP contribution in [0.5, 0.6) is 0 Å². The lowest BCUT2D eigenvalue weighted by atomic mass is 10.0. The minimum Gasteiger partial charge on any atom is -0.388 e. The number of hydrogen-bond acceptors (Lipinski definition) is 17. The number of pyridine rings is 2. The molecule has 0 fully saturated rings. The van der Waals surface area contributed by atoms with E-state index in [9.17, 15) is 15.8 Å². The van der Waals surface area contributed by atoms with Crippen LogP contribution in [0.25, 0.3) is 0 Å². The number of nitrogen functional groups attached to an aromatic ring is 1. The lowest BCUT2D eigenvalue weighted by Gasteiger charge is -2.19. The maximum Gasteiger partial charge on any atom is 0.176 e. The summed E-state index contributed by atoms with van der Waals surface area (Å²) < 4.78 is 8.11. The van der Waals surface area contributed by atoms with Crippen LogP contribution in [0.15, 0.2) is 64.8 Å². The molecule has 0 spiro atoms. The summed E-state index contributed by atoms with van der Waals surface area (Å²) >= 11 is 2.27. The van der Waals surface area contributed by atoms with Crippen LogP contribution in [-0.2, 0) is 0 Å². The first-order valence-corrected chi connectivity index (χ1v) is 26.2. The Morgan fingerprint density at radius 3 is 1.14 bits per heavy atom. The van der Waals surface area contributed by atoms with E-state index in [1.165, 1.54) is 27.8 Å². The molecule has 0 saturated carbocycles. The molecule has 78 heavy (non-hydrogen) atoms. The number of rotatable bonds is 10. The van der Waals surface area contributed by atoms with Crippen molar-refractivity contribution in [1.29, 1.82) is 21.0 Å². The van der Waals surface area contributed by atoms with Gasteiger partial charge in [-0.1, -0.05) is 78.2 Å². The Kier molecular flexibility index (Phi) is 19.7. The van der Waals surface area contributed by atoms with Crippen molar-refractivity contribution in [3.8, 4) is 24.3 Å². The van der Waals surface area contributed by atoms with Crippen LogP contribution in [0.2, 0.25) is 0 Å². The van der Waals surface area contributed by atoms with Crippen molar-refractivity contribution in [3.63, 3.8) is 0 Å². The van der Waals surface area contributed by atoms with Crippen molar-refractivity contribution < 1.29 is 0 Å². The summed E-state index contributed by atoms with van der Waals surface area (Å²) in [7, 11) is 0. The number of nitrogens with zero attached hydrogens (tertiary/aromatic N) is 10. The molecule has 0 amide bonds. The van der Waals surface area contributed by atoms with E-state index in [0.29, 0.717) is 66.7 Å². The van der Waals surface area contributed by atoms with Crippen molar-refractivity contribution in [1.82, 2.24) is 18.7 Å². The number of azo groups is 1. The molecular formula is C61H67N15S2. The highest BCUT2D eigenvalue weighted by molar-refractivity contribution is 7.10. The highest BCUT2D eigenvalue weighted by atomic mass is 32.1. The lowest BCUT2D eigenvalue weighted by Crippen LogP contribution is -2.07. The quantitative estimate of drug-likeness (QED) is 0.0801. The largest absolute Gasteiger partial charge is 0.388 e. The number of aryl methyl sites for hydroxylation is 15. The van der Waals surface area contributed by atoms with Gasteiger partial charge in [0.2, 0.25) is 0 Å². The molecule has 0 aliphatic rings. The van der Waals surface area contributed by atoms with Crippen molar-refractivity contribution in [2.45, 2.75) is 118 Å². The highest BCUT2D eigenvalue weighted by Gasteiger charge is 2.22. The number of benzene rings is 4. The number of hydrogen-bond donors (Lipinski definition) is 5. The van der Waals surface area contributed by atoms with Crippen LogP contribution in [0.3, 0.4) is 0 Å². The summed E-state index contributed by atoms with van der Waals surface area (Å²) in [6.45, 7) is 32.1. The topological polar surface area (TPSA) is 246 Å². The summed E-state index contributed by atoms with van der Waals surface area (Å²) in [5, 5.41) is 61.4. The molecule has 0 bridgehead atoms. The van der Waals surface area contributed by atoms with E-state index in [1.54, 1.807) is 13.8 Å². The van der Waals surface area contributed by atoms with Crippen molar-refractivity contribution >= 4 is 84.8 Å². The van der Waals surface area contributed by atoms with E-state index >= 15 is 0 Å². The van der Waals surface area contributed by atoms with E-state index in [1.807, 2.05) is 53.7 Å². The predicted octanol–water partition coefficient (Wildman–Crippen LogP) is 16.8. The van der Waals surface area contributed by atoms with Gasteiger partial charge >= 0.3 is 0 Å². The molecule has 4 aromatic carbocycles. The first-order valence-electron chi connectivity index (χ1n) is 24.6. The SMILES string of the molecule is C.Cc1cc(C)c(Nc2cc(C)c(C#N)c(Nc3c(C)cc(C)cc3C)n2)c(C)c1.Cc1cc(C)c(Nc2nc(Nc3c(C)cc(C)cc3C)c(N=Nc3snc(C)c3C#N)c(C)c2C#N)c(C)c1.Cc1nsc(N)c1C#N. The van der Waals surface area contributed by atoms with Crippen molar-refractivity contribution in [3.05, 3.63) is 166 Å². The Balaban J connectivity index is 0.000000251. The molecule has 4 aromatic heterocycles. The number of nitriles is 4. The molecule has 0 aliphatic carbocycles. The van der Waals surface area contributed by atoms with Gasteiger partial charge in [0.05, 0.1) is 22.5 Å². The summed E-state index contributed by atoms with van der Waals surface area (Å²) in [5.41, 5.74) is 28.0. The van der Waals surface area contributed by atoms with E-state index < -0.39 is 0 Å². The van der Waals surface area contributed by atoms with Gasteiger partial charge < -0.3 is 27.0 Å².